The predicted molar refractivity (Wildman–Crippen MR) is 99.9 cm³/mol. The van der Waals surface area contributed by atoms with E-state index in [0.29, 0.717) is 0 Å². The SMILES string of the molecule is CCc1cccc(CC)c1NC(=O)Cn1c(=O)sc2ccccc21. The number of fused-ring (bicyclic) bond motifs is 1. The van der Waals surface area contributed by atoms with Crippen LogP contribution in [0.3, 0.4) is 0 Å². The normalized spacial score (nSPS) is 10.9. The van der Waals surface area contributed by atoms with Gasteiger partial charge in [-0.1, -0.05) is 55.5 Å². The third-order valence-corrected chi connectivity index (χ3v) is 5.10. The number of aryl methyl sites for hydroxylation is 2. The molecule has 1 N–H and O–H groups in total. The van der Waals surface area contributed by atoms with Crippen molar-refractivity contribution in [1.29, 1.82) is 0 Å². The standard InChI is InChI=1S/C19H20N2O2S/c1-3-13-8-7-9-14(4-2)18(13)20-17(22)12-21-15-10-5-6-11-16(15)24-19(21)23/h5-11H,3-4,12H2,1-2H3,(H,20,22). The van der Waals surface area contributed by atoms with E-state index in [2.05, 4.69) is 19.2 Å². The Morgan fingerprint density at radius 2 is 1.71 bits per heavy atom. The van der Waals surface area contributed by atoms with Gasteiger partial charge in [-0.05, 0) is 36.1 Å². The van der Waals surface area contributed by atoms with E-state index in [-0.39, 0.29) is 17.3 Å². The van der Waals surface area contributed by atoms with Gasteiger partial charge in [-0.15, -0.1) is 0 Å². The van der Waals surface area contributed by atoms with Gasteiger partial charge in [0.05, 0.1) is 10.2 Å². The summed E-state index contributed by atoms with van der Waals surface area (Å²) in [5.41, 5.74) is 3.93. The maximum Gasteiger partial charge on any atom is 0.308 e. The molecule has 0 aliphatic heterocycles. The summed E-state index contributed by atoms with van der Waals surface area (Å²) in [5, 5.41) is 3.02. The molecule has 5 heteroatoms. The number of amides is 1. The number of para-hydroxylation sites is 2. The van der Waals surface area contributed by atoms with E-state index < -0.39 is 0 Å². The number of aromatic nitrogens is 1. The number of nitrogens with one attached hydrogen (secondary N) is 1. The first-order valence-electron chi connectivity index (χ1n) is 8.13. The fourth-order valence-corrected chi connectivity index (χ4v) is 3.78. The van der Waals surface area contributed by atoms with Gasteiger partial charge in [-0.2, -0.15) is 0 Å². The van der Waals surface area contributed by atoms with Crippen LogP contribution in [0.25, 0.3) is 10.2 Å². The van der Waals surface area contributed by atoms with Crippen molar-refractivity contribution < 1.29 is 4.79 Å². The third-order valence-electron chi connectivity index (χ3n) is 4.14. The zero-order valence-electron chi connectivity index (χ0n) is 13.8. The highest BCUT2D eigenvalue weighted by atomic mass is 32.1. The zero-order chi connectivity index (χ0) is 17.1. The summed E-state index contributed by atoms with van der Waals surface area (Å²) in [4.78, 5) is 24.6. The minimum atomic E-state index is -0.170. The maximum atomic E-state index is 12.5. The van der Waals surface area contributed by atoms with Gasteiger partial charge >= 0.3 is 4.87 Å². The van der Waals surface area contributed by atoms with Crippen molar-refractivity contribution in [3.8, 4) is 0 Å². The Morgan fingerprint density at radius 3 is 2.38 bits per heavy atom. The summed E-state index contributed by atoms with van der Waals surface area (Å²) < 4.78 is 2.44. The summed E-state index contributed by atoms with van der Waals surface area (Å²) in [6.07, 6.45) is 1.70. The van der Waals surface area contributed by atoms with Crippen LogP contribution in [0.1, 0.15) is 25.0 Å². The van der Waals surface area contributed by atoms with Crippen LogP contribution in [0.15, 0.2) is 47.3 Å². The lowest BCUT2D eigenvalue weighted by molar-refractivity contribution is -0.116. The van der Waals surface area contributed by atoms with E-state index in [1.54, 1.807) is 0 Å². The number of hydrogen-bond acceptors (Lipinski definition) is 3. The van der Waals surface area contributed by atoms with Crippen LogP contribution in [0.4, 0.5) is 5.69 Å². The predicted octanol–water partition coefficient (Wildman–Crippen LogP) is 3.83. The number of carbonyl (C=O) groups is 1. The van der Waals surface area contributed by atoms with E-state index in [1.807, 2.05) is 42.5 Å². The van der Waals surface area contributed by atoms with Crippen LogP contribution in [-0.4, -0.2) is 10.5 Å². The molecule has 0 bridgehead atoms. The van der Waals surface area contributed by atoms with Crippen molar-refractivity contribution in [2.45, 2.75) is 33.2 Å². The van der Waals surface area contributed by atoms with Gasteiger partial charge < -0.3 is 5.32 Å². The van der Waals surface area contributed by atoms with Crippen molar-refractivity contribution >= 4 is 33.1 Å². The first kappa shape index (κ1) is 16.5. The van der Waals surface area contributed by atoms with Crippen LogP contribution in [0.5, 0.6) is 0 Å². The zero-order valence-corrected chi connectivity index (χ0v) is 14.7. The molecule has 0 saturated heterocycles. The van der Waals surface area contributed by atoms with Crippen molar-refractivity contribution in [2.75, 3.05) is 5.32 Å². The highest BCUT2D eigenvalue weighted by Gasteiger charge is 2.13. The molecular weight excluding hydrogens is 320 g/mol. The van der Waals surface area contributed by atoms with Gasteiger partial charge in [-0.3, -0.25) is 14.2 Å². The topological polar surface area (TPSA) is 51.1 Å². The number of carbonyl (C=O) groups excluding carboxylic acids is 1. The lowest BCUT2D eigenvalue weighted by Crippen LogP contribution is -2.25. The van der Waals surface area contributed by atoms with Gasteiger partial charge in [0.25, 0.3) is 0 Å². The lowest BCUT2D eigenvalue weighted by Gasteiger charge is -2.14. The van der Waals surface area contributed by atoms with E-state index in [4.69, 9.17) is 0 Å². The summed E-state index contributed by atoms with van der Waals surface area (Å²) in [7, 11) is 0. The second-order valence-corrected chi connectivity index (χ2v) is 6.62. The molecule has 0 fully saturated rings. The molecule has 3 aromatic rings. The fourth-order valence-electron chi connectivity index (χ4n) is 2.89. The molecule has 3 rings (SSSR count). The number of nitrogens with zero attached hydrogens (tertiary/aromatic N) is 1. The third kappa shape index (κ3) is 3.12. The largest absolute Gasteiger partial charge is 0.324 e. The number of benzene rings is 2. The molecule has 0 unspecified atom stereocenters. The molecule has 0 atom stereocenters. The Kier molecular flexibility index (Phi) is 4.81. The average molecular weight is 340 g/mol. The molecule has 0 radical (unpaired) electrons. The molecule has 0 aliphatic carbocycles. The molecule has 4 nitrogen and oxygen atoms in total. The first-order chi connectivity index (χ1) is 11.6. The number of hydrogen-bond donors (Lipinski definition) is 1. The summed E-state index contributed by atoms with van der Waals surface area (Å²) >= 11 is 1.17. The van der Waals surface area contributed by atoms with Gasteiger partial charge in [0, 0.05) is 5.69 Å². The van der Waals surface area contributed by atoms with E-state index in [0.717, 1.165) is 39.9 Å². The Balaban J connectivity index is 1.89. The van der Waals surface area contributed by atoms with Crippen molar-refractivity contribution in [3.63, 3.8) is 0 Å². The van der Waals surface area contributed by atoms with Crippen LogP contribution in [0.2, 0.25) is 0 Å². The second kappa shape index (κ2) is 7.01. The van der Waals surface area contributed by atoms with E-state index in [1.165, 1.54) is 15.9 Å². The lowest BCUT2D eigenvalue weighted by atomic mass is 10.0. The monoisotopic (exact) mass is 340 g/mol. The minimum Gasteiger partial charge on any atom is -0.324 e. The smallest absolute Gasteiger partial charge is 0.308 e. The molecule has 0 saturated carbocycles. The van der Waals surface area contributed by atoms with Crippen molar-refractivity contribution in [1.82, 2.24) is 4.57 Å². The second-order valence-electron chi connectivity index (χ2n) is 5.63. The van der Waals surface area contributed by atoms with Gasteiger partial charge in [-0.25, -0.2) is 0 Å². The Morgan fingerprint density at radius 1 is 1.04 bits per heavy atom. The van der Waals surface area contributed by atoms with Crippen LogP contribution in [-0.2, 0) is 24.2 Å². The highest BCUT2D eigenvalue weighted by Crippen LogP contribution is 2.23. The van der Waals surface area contributed by atoms with E-state index >= 15 is 0 Å². The van der Waals surface area contributed by atoms with E-state index in [9.17, 15) is 9.59 Å². The Bertz CT molecular complexity index is 918. The molecule has 24 heavy (non-hydrogen) atoms. The van der Waals surface area contributed by atoms with Crippen LogP contribution < -0.4 is 10.2 Å². The molecule has 0 spiro atoms. The Hall–Kier alpha value is -2.40. The van der Waals surface area contributed by atoms with Crippen molar-refractivity contribution in [2.24, 2.45) is 0 Å². The molecule has 2 aromatic carbocycles. The summed E-state index contributed by atoms with van der Waals surface area (Å²) in [6.45, 7) is 4.17. The molecular formula is C19H20N2O2S. The van der Waals surface area contributed by atoms with Gasteiger partial charge in [0.1, 0.15) is 6.54 Å². The molecule has 1 aromatic heterocycles. The first-order valence-corrected chi connectivity index (χ1v) is 8.94. The van der Waals surface area contributed by atoms with Crippen LogP contribution >= 0.6 is 11.3 Å². The minimum absolute atomic E-state index is 0.0318. The molecule has 1 amide bonds. The number of thiazole rings is 1. The molecule has 124 valence electrons. The van der Waals surface area contributed by atoms with Crippen molar-refractivity contribution in [3.05, 3.63) is 63.3 Å². The van der Waals surface area contributed by atoms with Crippen LogP contribution in [0, 0.1) is 0 Å². The summed E-state index contributed by atoms with van der Waals surface area (Å²) in [6, 6.07) is 13.6. The van der Waals surface area contributed by atoms with Gasteiger partial charge in [0.15, 0.2) is 0 Å². The average Bonchev–Trinajstić information content (AvgIpc) is 2.90. The van der Waals surface area contributed by atoms with Gasteiger partial charge in [0.2, 0.25) is 5.91 Å². The molecule has 0 aliphatic rings. The number of rotatable bonds is 5. The maximum absolute atomic E-state index is 12.5. The molecule has 1 heterocycles. The quantitative estimate of drug-likeness (QED) is 0.767. The Labute approximate surface area is 144 Å². The highest BCUT2D eigenvalue weighted by molar-refractivity contribution is 7.16. The fraction of sp³-hybridized carbons (Fsp3) is 0.263. The number of anilines is 1. The summed E-state index contributed by atoms with van der Waals surface area (Å²) in [5.74, 6) is -0.170.